The van der Waals surface area contributed by atoms with E-state index >= 15 is 0 Å². The van der Waals surface area contributed by atoms with Crippen molar-refractivity contribution in [2.45, 2.75) is 32.9 Å². The van der Waals surface area contributed by atoms with Crippen LogP contribution in [0.5, 0.6) is 0 Å². The fourth-order valence-corrected chi connectivity index (χ4v) is 2.98. The number of aromatic nitrogens is 4. The Kier molecular flexibility index (Phi) is 6.83. The summed E-state index contributed by atoms with van der Waals surface area (Å²) in [6.07, 6.45) is 2.19. The highest BCUT2D eigenvalue weighted by Gasteiger charge is 2.13. The summed E-state index contributed by atoms with van der Waals surface area (Å²) in [4.78, 5) is 26.5. The molecule has 0 atom stereocenters. The predicted octanol–water partition coefficient (Wildman–Crippen LogP) is 2.77. The van der Waals surface area contributed by atoms with Gasteiger partial charge in [0, 0.05) is 26.2 Å². The maximum atomic E-state index is 13.8. The number of nitrogens with two attached hydrogens (primary N) is 1. The number of halogens is 2. The highest BCUT2D eigenvalue weighted by Crippen LogP contribution is 2.19. The van der Waals surface area contributed by atoms with E-state index in [2.05, 4.69) is 20.3 Å². The maximum Gasteiger partial charge on any atom is 0.407 e. The van der Waals surface area contributed by atoms with Gasteiger partial charge in [0.15, 0.2) is 11.5 Å². The molecule has 0 bridgehead atoms. The van der Waals surface area contributed by atoms with Gasteiger partial charge in [-0.05, 0) is 37.5 Å². The molecule has 1 amide bonds. The summed E-state index contributed by atoms with van der Waals surface area (Å²) >= 11 is 0. The van der Waals surface area contributed by atoms with Crippen LogP contribution in [0.2, 0.25) is 0 Å². The minimum atomic E-state index is -0.733. The van der Waals surface area contributed by atoms with Gasteiger partial charge in [-0.25, -0.2) is 18.6 Å². The van der Waals surface area contributed by atoms with E-state index in [9.17, 15) is 13.6 Å². The van der Waals surface area contributed by atoms with Gasteiger partial charge in [0.05, 0.1) is 19.5 Å². The fourth-order valence-electron chi connectivity index (χ4n) is 2.98. The van der Waals surface area contributed by atoms with E-state index in [1.807, 2.05) is 18.7 Å². The average molecular weight is 433 g/mol. The van der Waals surface area contributed by atoms with Gasteiger partial charge in [0.25, 0.3) is 0 Å². The van der Waals surface area contributed by atoms with Crippen LogP contribution in [0.1, 0.15) is 24.0 Å². The standard InChI is InChI=1S/C20H25F2N7O2/c1-12-8-14(21)13(15(22)9-12)10-24-20(30)31-7-5-4-6-29-11-25-16-17(23)26-19(28(2)3)27-18(16)29/h8-9,11H,4-7,10H2,1-3H3,(H,24,30)(H2,23,26,27). The molecule has 166 valence electrons. The summed E-state index contributed by atoms with van der Waals surface area (Å²) in [5, 5.41) is 2.36. The molecule has 31 heavy (non-hydrogen) atoms. The number of unbranched alkanes of at least 4 members (excludes halogenated alkanes) is 1. The molecule has 3 rings (SSSR count). The van der Waals surface area contributed by atoms with Crippen molar-refractivity contribution in [3.05, 3.63) is 41.2 Å². The number of fused-ring (bicyclic) bond motifs is 1. The van der Waals surface area contributed by atoms with Crippen LogP contribution in [0.4, 0.5) is 25.3 Å². The molecular weight excluding hydrogens is 408 g/mol. The molecule has 0 unspecified atom stereocenters. The Morgan fingerprint density at radius 1 is 1.23 bits per heavy atom. The molecule has 1 aromatic carbocycles. The molecule has 0 spiro atoms. The van der Waals surface area contributed by atoms with Crippen LogP contribution in [-0.4, -0.2) is 46.3 Å². The SMILES string of the molecule is Cc1cc(F)c(CNC(=O)OCCCCn2cnc3c(N)nc(N(C)C)nc32)c(F)c1. The van der Waals surface area contributed by atoms with Crippen LogP contribution in [0.25, 0.3) is 11.2 Å². The van der Waals surface area contributed by atoms with Crippen LogP contribution < -0.4 is 16.0 Å². The van der Waals surface area contributed by atoms with E-state index in [0.717, 1.165) is 0 Å². The van der Waals surface area contributed by atoms with Gasteiger partial charge in [-0.1, -0.05) is 0 Å². The third-order valence-electron chi connectivity index (χ3n) is 4.60. The Labute approximate surface area is 178 Å². The van der Waals surface area contributed by atoms with Gasteiger partial charge in [-0.15, -0.1) is 0 Å². The molecule has 0 saturated carbocycles. The first-order valence-corrected chi connectivity index (χ1v) is 9.77. The molecule has 2 heterocycles. The second-order valence-electron chi connectivity index (χ2n) is 7.32. The molecule has 0 aliphatic carbocycles. The lowest BCUT2D eigenvalue weighted by atomic mass is 10.1. The number of alkyl carbamates (subject to hydrolysis) is 1. The average Bonchev–Trinajstić information content (AvgIpc) is 3.10. The van der Waals surface area contributed by atoms with E-state index in [1.54, 1.807) is 18.2 Å². The largest absolute Gasteiger partial charge is 0.450 e. The molecular formula is C20H25F2N7O2. The normalized spacial score (nSPS) is 11.0. The molecule has 0 aliphatic rings. The first-order valence-electron chi connectivity index (χ1n) is 9.77. The Hall–Kier alpha value is -3.50. The lowest BCUT2D eigenvalue weighted by molar-refractivity contribution is 0.143. The molecule has 0 aliphatic heterocycles. The van der Waals surface area contributed by atoms with Crippen LogP contribution in [0.15, 0.2) is 18.5 Å². The van der Waals surface area contributed by atoms with Gasteiger partial charge < -0.3 is 25.3 Å². The van der Waals surface area contributed by atoms with Crippen LogP contribution >= 0.6 is 0 Å². The third-order valence-corrected chi connectivity index (χ3v) is 4.60. The highest BCUT2D eigenvalue weighted by molar-refractivity contribution is 5.82. The van der Waals surface area contributed by atoms with E-state index in [1.165, 1.54) is 12.1 Å². The van der Waals surface area contributed by atoms with Crippen LogP contribution in [-0.2, 0) is 17.8 Å². The summed E-state index contributed by atoms with van der Waals surface area (Å²) in [7, 11) is 3.65. The number of anilines is 2. The number of nitrogens with zero attached hydrogens (tertiary/aromatic N) is 5. The lowest BCUT2D eigenvalue weighted by Crippen LogP contribution is -2.25. The molecule has 2 aromatic heterocycles. The number of nitrogen functional groups attached to an aromatic ring is 1. The number of ether oxygens (including phenoxy) is 1. The van der Waals surface area contributed by atoms with Gasteiger partial charge in [-0.2, -0.15) is 9.97 Å². The summed E-state index contributed by atoms with van der Waals surface area (Å²) in [6, 6.07) is 2.43. The Morgan fingerprint density at radius 3 is 2.61 bits per heavy atom. The predicted molar refractivity (Wildman–Crippen MR) is 113 cm³/mol. The second-order valence-corrected chi connectivity index (χ2v) is 7.32. The Morgan fingerprint density at radius 2 is 1.94 bits per heavy atom. The van der Waals surface area contributed by atoms with Crippen molar-refractivity contribution >= 4 is 29.0 Å². The third kappa shape index (κ3) is 5.36. The van der Waals surface area contributed by atoms with Gasteiger partial charge in [-0.3, -0.25) is 0 Å². The first kappa shape index (κ1) is 22.2. The van der Waals surface area contributed by atoms with Gasteiger partial charge >= 0.3 is 6.09 Å². The molecule has 11 heteroatoms. The fraction of sp³-hybridized carbons (Fsp3) is 0.400. The number of carbonyl (C=O) groups is 1. The van der Waals surface area contributed by atoms with Crippen molar-refractivity contribution < 1.29 is 18.3 Å². The Balaban J connectivity index is 1.45. The summed E-state index contributed by atoms with van der Waals surface area (Å²) < 4.78 is 34.5. The quantitative estimate of drug-likeness (QED) is 0.526. The molecule has 3 N–H and O–H groups in total. The molecule has 0 radical (unpaired) electrons. The summed E-state index contributed by atoms with van der Waals surface area (Å²) in [5.41, 5.74) is 7.39. The lowest BCUT2D eigenvalue weighted by Gasteiger charge is -2.11. The number of rotatable bonds is 8. The van der Waals surface area contributed by atoms with E-state index in [4.69, 9.17) is 10.5 Å². The van der Waals surface area contributed by atoms with Crippen molar-refractivity contribution in [3.63, 3.8) is 0 Å². The number of aryl methyl sites for hydroxylation is 2. The molecule has 3 aromatic rings. The van der Waals surface area contributed by atoms with E-state index < -0.39 is 17.7 Å². The van der Waals surface area contributed by atoms with E-state index in [-0.39, 0.29) is 18.7 Å². The maximum absolute atomic E-state index is 13.8. The zero-order valence-electron chi connectivity index (χ0n) is 17.7. The molecule has 9 nitrogen and oxygen atoms in total. The molecule has 0 saturated heterocycles. The van der Waals surface area contributed by atoms with Crippen molar-refractivity contribution in [2.24, 2.45) is 0 Å². The van der Waals surface area contributed by atoms with Crippen LogP contribution in [0, 0.1) is 18.6 Å². The minimum absolute atomic E-state index is 0.164. The number of carbonyl (C=O) groups excluding carboxylic acids is 1. The van der Waals surface area contributed by atoms with Crippen molar-refractivity contribution in [2.75, 3.05) is 31.3 Å². The summed E-state index contributed by atoms with van der Waals surface area (Å²) in [5.74, 6) is -0.596. The van der Waals surface area contributed by atoms with Crippen molar-refractivity contribution in [1.29, 1.82) is 0 Å². The number of imidazole rings is 1. The topological polar surface area (TPSA) is 111 Å². The Bertz CT molecular complexity index is 1060. The number of hydrogen-bond acceptors (Lipinski definition) is 7. The van der Waals surface area contributed by atoms with Gasteiger partial charge in [0.1, 0.15) is 17.2 Å². The smallest absolute Gasteiger partial charge is 0.407 e. The number of amides is 1. The second kappa shape index (κ2) is 9.54. The number of benzene rings is 1. The van der Waals surface area contributed by atoms with Crippen molar-refractivity contribution in [3.8, 4) is 0 Å². The minimum Gasteiger partial charge on any atom is -0.450 e. The monoisotopic (exact) mass is 433 g/mol. The number of hydrogen-bond donors (Lipinski definition) is 2. The first-order chi connectivity index (χ1) is 14.8. The molecule has 0 fully saturated rings. The zero-order chi connectivity index (χ0) is 22.5. The summed E-state index contributed by atoms with van der Waals surface area (Å²) in [6.45, 7) is 2.07. The van der Waals surface area contributed by atoms with Crippen LogP contribution in [0.3, 0.4) is 0 Å². The highest BCUT2D eigenvalue weighted by atomic mass is 19.1. The van der Waals surface area contributed by atoms with Crippen molar-refractivity contribution in [1.82, 2.24) is 24.8 Å². The van der Waals surface area contributed by atoms with E-state index in [0.29, 0.717) is 47.9 Å². The van der Waals surface area contributed by atoms with Gasteiger partial charge in [0.2, 0.25) is 5.95 Å². The number of nitrogens with one attached hydrogen (secondary N) is 1. The zero-order valence-corrected chi connectivity index (χ0v) is 17.7.